The molecule has 2 aromatic rings. The highest BCUT2D eigenvalue weighted by molar-refractivity contribution is 7.80. The number of nitrogens with one attached hydrogen (secondary N) is 3. The lowest BCUT2D eigenvalue weighted by Gasteiger charge is -2.28. The molecule has 2 rings (SSSR count). The lowest BCUT2D eigenvalue weighted by molar-refractivity contribution is 0.0934. The number of anilines is 1. The fourth-order valence-electron chi connectivity index (χ4n) is 2.26. The molecule has 3 N–H and O–H groups in total. The molecule has 0 spiro atoms. The third kappa shape index (κ3) is 6.02. The van der Waals surface area contributed by atoms with Gasteiger partial charge >= 0.3 is 0 Å². The third-order valence-electron chi connectivity index (χ3n) is 3.54. The van der Waals surface area contributed by atoms with E-state index in [0.29, 0.717) is 5.56 Å². The molecule has 0 bridgehead atoms. The fraction of sp³-hybridized carbons (Fsp3) is 0.222. The molecule has 26 heavy (non-hydrogen) atoms. The molecule has 0 aliphatic heterocycles. The summed E-state index contributed by atoms with van der Waals surface area (Å²) in [4.78, 5) is 12.5. The molecule has 1 amide bonds. The van der Waals surface area contributed by atoms with E-state index in [9.17, 15) is 4.79 Å². The van der Waals surface area contributed by atoms with E-state index >= 15 is 0 Å². The van der Waals surface area contributed by atoms with Crippen molar-refractivity contribution >= 4 is 63.7 Å². The van der Waals surface area contributed by atoms with Crippen molar-refractivity contribution < 1.29 is 4.79 Å². The number of rotatable bonds is 4. The summed E-state index contributed by atoms with van der Waals surface area (Å²) in [5, 5.41) is 8.73. The van der Waals surface area contributed by atoms with Gasteiger partial charge in [-0.15, -0.1) is 0 Å². The van der Waals surface area contributed by atoms with E-state index < -0.39 is 9.96 Å². The van der Waals surface area contributed by atoms with Gasteiger partial charge in [-0.2, -0.15) is 0 Å². The smallest absolute Gasteiger partial charge is 0.253 e. The number of benzene rings is 2. The van der Waals surface area contributed by atoms with E-state index in [1.54, 1.807) is 12.1 Å². The van der Waals surface area contributed by atoms with Gasteiger partial charge in [-0.3, -0.25) is 4.79 Å². The SMILES string of the molecule is Cc1cccc(NC(=S)N[C@H](NC(=O)c2ccccc2C)C(Cl)(Cl)Cl)c1. The van der Waals surface area contributed by atoms with E-state index in [1.165, 1.54) is 0 Å². The van der Waals surface area contributed by atoms with Crippen LogP contribution in [0.2, 0.25) is 0 Å². The second-order valence-electron chi connectivity index (χ2n) is 5.73. The monoisotopic (exact) mass is 429 g/mol. The van der Waals surface area contributed by atoms with Crippen molar-refractivity contribution in [1.82, 2.24) is 10.6 Å². The molecule has 138 valence electrons. The number of halogens is 3. The second kappa shape index (κ2) is 8.91. The van der Waals surface area contributed by atoms with Gasteiger partial charge in [0.05, 0.1) is 0 Å². The lowest BCUT2D eigenvalue weighted by atomic mass is 10.1. The molecular formula is C18H18Cl3N3OS. The van der Waals surface area contributed by atoms with E-state index in [4.69, 9.17) is 47.0 Å². The highest BCUT2D eigenvalue weighted by atomic mass is 35.6. The average molecular weight is 431 g/mol. The third-order valence-corrected chi connectivity index (χ3v) is 4.42. The fourth-order valence-corrected chi connectivity index (χ4v) is 2.82. The van der Waals surface area contributed by atoms with Crippen LogP contribution in [0.3, 0.4) is 0 Å². The van der Waals surface area contributed by atoms with E-state index in [-0.39, 0.29) is 11.0 Å². The van der Waals surface area contributed by atoms with E-state index in [0.717, 1.165) is 16.8 Å². The molecule has 0 heterocycles. The summed E-state index contributed by atoms with van der Waals surface area (Å²) in [6.07, 6.45) is -1.02. The van der Waals surface area contributed by atoms with E-state index in [1.807, 2.05) is 50.2 Å². The Morgan fingerprint density at radius 3 is 2.35 bits per heavy atom. The first kappa shape index (κ1) is 20.8. The van der Waals surface area contributed by atoms with Crippen LogP contribution in [0.4, 0.5) is 5.69 Å². The van der Waals surface area contributed by atoms with Crippen LogP contribution in [0.25, 0.3) is 0 Å². The summed E-state index contributed by atoms with van der Waals surface area (Å²) in [5.41, 5.74) is 3.17. The van der Waals surface area contributed by atoms with Gasteiger partial charge in [-0.1, -0.05) is 65.1 Å². The zero-order valence-electron chi connectivity index (χ0n) is 14.1. The Bertz CT molecular complexity index is 808. The molecule has 1 atom stereocenters. The number of aryl methyl sites for hydroxylation is 2. The lowest BCUT2D eigenvalue weighted by Crippen LogP contribution is -2.56. The minimum atomic E-state index is -1.81. The van der Waals surface area contributed by atoms with Crippen LogP contribution in [0, 0.1) is 13.8 Å². The summed E-state index contributed by atoms with van der Waals surface area (Å²) in [6.45, 7) is 3.80. The van der Waals surface area contributed by atoms with Gasteiger partial charge in [0.25, 0.3) is 5.91 Å². The summed E-state index contributed by atoms with van der Waals surface area (Å²) in [7, 11) is 0. The summed E-state index contributed by atoms with van der Waals surface area (Å²) in [6, 6.07) is 14.8. The van der Waals surface area contributed by atoms with Crippen molar-refractivity contribution in [2.75, 3.05) is 5.32 Å². The van der Waals surface area contributed by atoms with Crippen molar-refractivity contribution in [3.8, 4) is 0 Å². The first-order chi connectivity index (χ1) is 12.2. The first-order valence-corrected chi connectivity index (χ1v) is 9.28. The molecule has 0 radical (unpaired) electrons. The van der Waals surface area contributed by atoms with Crippen molar-refractivity contribution in [1.29, 1.82) is 0 Å². The van der Waals surface area contributed by atoms with Gasteiger partial charge in [0.1, 0.15) is 6.17 Å². The Morgan fingerprint density at radius 1 is 1.04 bits per heavy atom. The quantitative estimate of drug-likeness (QED) is 0.373. The topological polar surface area (TPSA) is 53.2 Å². The standard InChI is InChI=1S/C18H18Cl3N3OS/c1-11-6-5-8-13(10-11)22-17(26)24-16(18(19,20)21)23-15(25)14-9-4-3-7-12(14)2/h3-10,16H,1-2H3,(H,23,25)(H2,22,24,26)/t16-/m0/s1. The first-order valence-electron chi connectivity index (χ1n) is 7.74. The van der Waals surface area contributed by atoms with Crippen LogP contribution in [0.5, 0.6) is 0 Å². The molecular weight excluding hydrogens is 413 g/mol. The predicted octanol–water partition coefficient (Wildman–Crippen LogP) is 4.72. The molecule has 0 aliphatic rings. The highest BCUT2D eigenvalue weighted by Gasteiger charge is 2.35. The van der Waals surface area contributed by atoms with Gasteiger partial charge in [0.15, 0.2) is 5.11 Å². The van der Waals surface area contributed by atoms with Crippen molar-refractivity contribution in [2.24, 2.45) is 0 Å². The Hall–Kier alpha value is -1.53. The Morgan fingerprint density at radius 2 is 1.73 bits per heavy atom. The largest absolute Gasteiger partial charge is 0.339 e. The molecule has 0 fully saturated rings. The Balaban J connectivity index is 2.09. The number of carbonyl (C=O) groups excluding carboxylic acids is 1. The normalized spacial score (nSPS) is 12.2. The summed E-state index contributed by atoms with van der Waals surface area (Å²) < 4.78 is -1.81. The molecule has 8 heteroatoms. The summed E-state index contributed by atoms with van der Waals surface area (Å²) >= 11 is 23.3. The number of alkyl halides is 3. The van der Waals surface area contributed by atoms with Gasteiger partial charge in [0.2, 0.25) is 3.79 Å². The molecule has 0 saturated carbocycles. The summed E-state index contributed by atoms with van der Waals surface area (Å²) in [5.74, 6) is -0.370. The number of thiocarbonyl (C=S) groups is 1. The minimum absolute atomic E-state index is 0.219. The van der Waals surface area contributed by atoms with Crippen LogP contribution in [0.1, 0.15) is 21.5 Å². The highest BCUT2D eigenvalue weighted by Crippen LogP contribution is 2.29. The molecule has 0 aliphatic carbocycles. The molecule has 0 unspecified atom stereocenters. The second-order valence-corrected chi connectivity index (χ2v) is 8.51. The van der Waals surface area contributed by atoms with Crippen LogP contribution >= 0.6 is 47.0 Å². The van der Waals surface area contributed by atoms with Crippen LogP contribution in [0.15, 0.2) is 48.5 Å². The number of hydrogen-bond donors (Lipinski definition) is 3. The average Bonchev–Trinajstić information content (AvgIpc) is 2.53. The maximum Gasteiger partial charge on any atom is 0.253 e. The predicted molar refractivity (Wildman–Crippen MR) is 113 cm³/mol. The molecule has 4 nitrogen and oxygen atoms in total. The van der Waals surface area contributed by atoms with Crippen LogP contribution < -0.4 is 16.0 Å². The number of carbonyl (C=O) groups is 1. The van der Waals surface area contributed by atoms with Crippen molar-refractivity contribution in [3.63, 3.8) is 0 Å². The minimum Gasteiger partial charge on any atom is -0.339 e. The van der Waals surface area contributed by atoms with Crippen LogP contribution in [-0.4, -0.2) is 21.0 Å². The van der Waals surface area contributed by atoms with Crippen molar-refractivity contribution in [3.05, 3.63) is 65.2 Å². The molecule has 0 aromatic heterocycles. The molecule has 0 saturated heterocycles. The number of amides is 1. The van der Waals surface area contributed by atoms with Crippen molar-refractivity contribution in [2.45, 2.75) is 23.8 Å². The van der Waals surface area contributed by atoms with Gasteiger partial charge in [0, 0.05) is 11.3 Å². The maximum atomic E-state index is 12.5. The van der Waals surface area contributed by atoms with Gasteiger partial charge in [-0.25, -0.2) is 0 Å². The Kier molecular flexibility index (Phi) is 7.12. The Labute approximate surface area is 173 Å². The maximum absolute atomic E-state index is 12.5. The number of hydrogen-bond acceptors (Lipinski definition) is 2. The zero-order chi connectivity index (χ0) is 19.3. The zero-order valence-corrected chi connectivity index (χ0v) is 17.2. The van der Waals surface area contributed by atoms with Crippen LogP contribution in [-0.2, 0) is 0 Å². The molecule has 2 aromatic carbocycles. The van der Waals surface area contributed by atoms with Gasteiger partial charge < -0.3 is 16.0 Å². The van der Waals surface area contributed by atoms with E-state index in [2.05, 4.69) is 16.0 Å². The van der Waals surface area contributed by atoms with Gasteiger partial charge in [-0.05, 0) is 55.4 Å².